The number of carbonyl (C=O) groups is 1. The maximum Gasteiger partial charge on any atom is 0.417 e. The Morgan fingerprint density at radius 2 is 2.04 bits per heavy atom. The molecule has 0 radical (unpaired) electrons. The normalized spacial score (nSPS) is 11.4. The van der Waals surface area contributed by atoms with E-state index in [-0.39, 0.29) is 33.8 Å². The molecule has 0 aliphatic carbocycles. The molecule has 0 fully saturated rings. The van der Waals surface area contributed by atoms with E-state index >= 15 is 0 Å². The van der Waals surface area contributed by atoms with Crippen molar-refractivity contribution in [2.75, 3.05) is 5.32 Å². The number of anilines is 1. The molecule has 0 aliphatic heterocycles. The van der Waals surface area contributed by atoms with E-state index in [2.05, 4.69) is 26.3 Å². The Hall–Kier alpha value is -2.43. The van der Waals surface area contributed by atoms with Crippen molar-refractivity contribution in [3.63, 3.8) is 0 Å². The van der Waals surface area contributed by atoms with Crippen molar-refractivity contribution in [3.05, 3.63) is 49.7 Å². The molecule has 0 saturated carbocycles. The fourth-order valence-electron chi connectivity index (χ4n) is 2.26. The van der Waals surface area contributed by atoms with E-state index in [0.29, 0.717) is 0 Å². The van der Waals surface area contributed by atoms with Crippen molar-refractivity contribution in [1.82, 2.24) is 9.78 Å². The third-order valence-corrected chi connectivity index (χ3v) is 4.07. The van der Waals surface area contributed by atoms with Gasteiger partial charge in [-0.3, -0.25) is 19.6 Å². The number of nitro groups is 1. The number of rotatable bonds is 4. The minimum atomic E-state index is -4.57. The molecule has 0 spiro atoms. The summed E-state index contributed by atoms with van der Waals surface area (Å²) in [7, 11) is 0. The van der Waals surface area contributed by atoms with Gasteiger partial charge in [-0.05, 0) is 32.0 Å². The predicted molar refractivity (Wildman–Crippen MR) is 86.1 cm³/mol. The topological polar surface area (TPSA) is 90.1 Å². The van der Waals surface area contributed by atoms with Crippen molar-refractivity contribution in [2.45, 2.75) is 26.6 Å². The van der Waals surface area contributed by atoms with Crippen molar-refractivity contribution in [1.29, 1.82) is 0 Å². The lowest BCUT2D eigenvalue weighted by Crippen LogP contribution is -2.20. The lowest BCUT2D eigenvalue weighted by Gasteiger charge is -2.12. The highest BCUT2D eigenvalue weighted by Crippen LogP contribution is 2.36. The van der Waals surface area contributed by atoms with Crippen LogP contribution in [0.4, 0.5) is 24.5 Å². The molecule has 134 valence electrons. The fourth-order valence-corrected chi connectivity index (χ4v) is 2.73. The van der Waals surface area contributed by atoms with Crippen LogP contribution in [0.25, 0.3) is 0 Å². The molecule has 7 nitrogen and oxygen atoms in total. The molecule has 1 aromatic heterocycles. The number of aryl methyl sites for hydroxylation is 1. The SMILES string of the molecule is Cc1nn(CC(=O)Nc2ccc(Br)c(C(F)(F)F)c2)c(C)c1[N+](=O)[O-]. The molecule has 0 atom stereocenters. The van der Waals surface area contributed by atoms with Crippen LogP contribution >= 0.6 is 15.9 Å². The molecule has 1 amide bonds. The van der Waals surface area contributed by atoms with Gasteiger partial charge in [-0.2, -0.15) is 18.3 Å². The lowest BCUT2D eigenvalue weighted by molar-refractivity contribution is -0.386. The summed E-state index contributed by atoms with van der Waals surface area (Å²) in [6, 6.07) is 3.28. The van der Waals surface area contributed by atoms with E-state index in [1.807, 2.05) is 0 Å². The van der Waals surface area contributed by atoms with Crippen molar-refractivity contribution >= 4 is 33.2 Å². The summed E-state index contributed by atoms with van der Waals surface area (Å²) in [6.45, 7) is 2.51. The molecule has 2 rings (SSSR count). The molecule has 2 aromatic rings. The van der Waals surface area contributed by atoms with Gasteiger partial charge in [-0.15, -0.1) is 0 Å². The summed E-state index contributed by atoms with van der Waals surface area (Å²) in [5, 5.41) is 17.2. The van der Waals surface area contributed by atoms with E-state index in [9.17, 15) is 28.1 Å². The first-order valence-electron chi connectivity index (χ1n) is 6.85. The highest BCUT2D eigenvalue weighted by molar-refractivity contribution is 9.10. The molecule has 0 bridgehead atoms. The van der Waals surface area contributed by atoms with Gasteiger partial charge in [0.15, 0.2) is 0 Å². The highest BCUT2D eigenvalue weighted by atomic mass is 79.9. The molecular weight excluding hydrogens is 409 g/mol. The number of nitrogens with zero attached hydrogens (tertiary/aromatic N) is 3. The van der Waals surface area contributed by atoms with Gasteiger partial charge in [0.05, 0.1) is 10.5 Å². The summed E-state index contributed by atoms with van der Waals surface area (Å²) >= 11 is 2.81. The number of halogens is 4. The van der Waals surface area contributed by atoms with Crippen LogP contribution in [0, 0.1) is 24.0 Å². The summed E-state index contributed by atoms with van der Waals surface area (Å²) < 4.78 is 39.6. The average molecular weight is 421 g/mol. The minimum Gasteiger partial charge on any atom is -0.324 e. The molecule has 25 heavy (non-hydrogen) atoms. The second-order valence-electron chi connectivity index (χ2n) is 5.17. The van der Waals surface area contributed by atoms with E-state index in [1.165, 1.54) is 26.0 Å². The Morgan fingerprint density at radius 1 is 1.40 bits per heavy atom. The van der Waals surface area contributed by atoms with E-state index in [0.717, 1.165) is 10.7 Å². The minimum absolute atomic E-state index is 0.0449. The van der Waals surface area contributed by atoms with Crippen LogP contribution in [0.2, 0.25) is 0 Å². The molecule has 11 heteroatoms. The number of carbonyl (C=O) groups excluding carboxylic acids is 1. The summed E-state index contributed by atoms with van der Waals surface area (Å²) in [5.74, 6) is -0.657. The Bertz CT molecular complexity index is 849. The molecule has 0 aliphatic rings. The van der Waals surface area contributed by atoms with Gasteiger partial charge in [0.25, 0.3) is 0 Å². The molecular formula is C14H12BrF3N4O3. The van der Waals surface area contributed by atoms with Crippen molar-refractivity contribution < 1.29 is 22.9 Å². The van der Waals surface area contributed by atoms with E-state index in [4.69, 9.17) is 0 Å². The number of nitrogens with one attached hydrogen (secondary N) is 1. The Morgan fingerprint density at radius 3 is 2.56 bits per heavy atom. The molecule has 1 N–H and O–H groups in total. The predicted octanol–water partition coefficient (Wildman–Crippen LogP) is 3.83. The average Bonchev–Trinajstić information content (AvgIpc) is 2.74. The number of benzene rings is 1. The third-order valence-electron chi connectivity index (χ3n) is 3.37. The van der Waals surface area contributed by atoms with Crippen LogP contribution in [0.1, 0.15) is 17.0 Å². The Balaban J connectivity index is 2.19. The van der Waals surface area contributed by atoms with Gasteiger partial charge in [-0.25, -0.2) is 0 Å². The van der Waals surface area contributed by atoms with Gasteiger partial charge < -0.3 is 5.32 Å². The zero-order valence-corrected chi connectivity index (χ0v) is 14.6. The van der Waals surface area contributed by atoms with Crippen LogP contribution in [-0.4, -0.2) is 20.6 Å². The quantitative estimate of drug-likeness (QED) is 0.600. The molecule has 0 saturated heterocycles. The highest BCUT2D eigenvalue weighted by Gasteiger charge is 2.33. The first kappa shape index (κ1) is 18.9. The maximum atomic E-state index is 12.9. The number of hydrogen-bond acceptors (Lipinski definition) is 4. The van der Waals surface area contributed by atoms with Crippen LogP contribution in [-0.2, 0) is 17.5 Å². The first-order chi connectivity index (χ1) is 11.5. The van der Waals surface area contributed by atoms with Crippen LogP contribution in [0.5, 0.6) is 0 Å². The molecule has 1 heterocycles. The zero-order valence-electron chi connectivity index (χ0n) is 13.0. The standard InChI is InChI=1S/C14H12BrF3N4O3/c1-7-13(22(24)25)8(2)21(20-7)6-12(23)19-9-3-4-11(15)10(5-9)14(16,17)18/h3-5H,6H2,1-2H3,(H,19,23). The van der Waals surface area contributed by atoms with Gasteiger partial charge in [-0.1, -0.05) is 15.9 Å². The van der Waals surface area contributed by atoms with E-state index < -0.39 is 22.6 Å². The number of amides is 1. The monoisotopic (exact) mass is 420 g/mol. The number of hydrogen-bond donors (Lipinski definition) is 1. The Kier molecular flexibility index (Phi) is 5.16. The van der Waals surface area contributed by atoms with Gasteiger partial charge in [0.1, 0.15) is 17.9 Å². The number of alkyl halides is 3. The molecule has 0 unspecified atom stereocenters. The van der Waals surface area contributed by atoms with Crippen LogP contribution in [0.3, 0.4) is 0 Å². The van der Waals surface area contributed by atoms with Crippen LogP contribution in [0.15, 0.2) is 22.7 Å². The third kappa shape index (κ3) is 4.16. The first-order valence-corrected chi connectivity index (χ1v) is 7.65. The number of aromatic nitrogens is 2. The van der Waals surface area contributed by atoms with Crippen molar-refractivity contribution in [3.8, 4) is 0 Å². The zero-order chi connectivity index (χ0) is 18.9. The van der Waals surface area contributed by atoms with Gasteiger partial charge in [0, 0.05) is 10.2 Å². The Labute approximate surface area is 148 Å². The molecule has 1 aromatic carbocycles. The van der Waals surface area contributed by atoms with Gasteiger partial charge in [0.2, 0.25) is 5.91 Å². The van der Waals surface area contributed by atoms with E-state index in [1.54, 1.807) is 0 Å². The maximum absolute atomic E-state index is 12.9. The smallest absolute Gasteiger partial charge is 0.324 e. The summed E-state index contributed by atoms with van der Waals surface area (Å²) in [4.78, 5) is 22.4. The van der Waals surface area contributed by atoms with Crippen molar-refractivity contribution in [2.24, 2.45) is 0 Å². The van der Waals surface area contributed by atoms with Gasteiger partial charge >= 0.3 is 11.9 Å². The summed E-state index contributed by atoms with van der Waals surface area (Å²) in [5.41, 5.74) is -0.831. The fraction of sp³-hybridized carbons (Fsp3) is 0.286. The summed E-state index contributed by atoms with van der Waals surface area (Å²) in [6.07, 6.45) is -4.57. The lowest BCUT2D eigenvalue weighted by atomic mass is 10.2. The second kappa shape index (κ2) is 6.82. The van der Waals surface area contributed by atoms with Crippen LogP contribution < -0.4 is 5.32 Å². The second-order valence-corrected chi connectivity index (χ2v) is 6.03. The largest absolute Gasteiger partial charge is 0.417 e.